The number of esters is 1. The first kappa shape index (κ1) is 14.5. The van der Waals surface area contributed by atoms with E-state index in [0.29, 0.717) is 13.0 Å². The summed E-state index contributed by atoms with van der Waals surface area (Å²) in [6, 6.07) is 3.75. The van der Waals surface area contributed by atoms with E-state index in [0.717, 1.165) is 0 Å². The number of hydrogen-bond donors (Lipinski definition) is 1. The van der Waals surface area contributed by atoms with E-state index in [4.69, 9.17) is 16.3 Å². The third-order valence-electron chi connectivity index (χ3n) is 2.99. The molecule has 20 heavy (non-hydrogen) atoms. The molecule has 2 atom stereocenters. The molecule has 1 saturated heterocycles. The Balaban J connectivity index is 2.08. The van der Waals surface area contributed by atoms with Gasteiger partial charge in [-0.25, -0.2) is 0 Å². The molecule has 1 aliphatic heterocycles. The molecule has 0 aliphatic carbocycles. The van der Waals surface area contributed by atoms with E-state index in [9.17, 15) is 14.9 Å². The molecule has 1 aliphatic rings. The number of carbonyl (C=O) groups excluding carboxylic acids is 1. The predicted molar refractivity (Wildman–Crippen MR) is 70.9 cm³/mol. The number of rotatable bonds is 4. The van der Waals surface area contributed by atoms with E-state index < -0.39 is 11.0 Å². The van der Waals surface area contributed by atoms with Crippen LogP contribution in [0.15, 0.2) is 18.2 Å². The zero-order valence-corrected chi connectivity index (χ0v) is 11.4. The van der Waals surface area contributed by atoms with Crippen molar-refractivity contribution < 1.29 is 19.2 Å². The lowest BCUT2D eigenvalue weighted by atomic mass is 10.2. The number of nitrogens with one attached hydrogen (secondary N) is 1. The van der Waals surface area contributed by atoms with Crippen molar-refractivity contribution in [2.45, 2.75) is 18.6 Å². The molecule has 1 fully saturated rings. The van der Waals surface area contributed by atoms with Crippen molar-refractivity contribution in [2.75, 3.05) is 13.7 Å². The fourth-order valence-electron chi connectivity index (χ4n) is 2.03. The van der Waals surface area contributed by atoms with Crippen LogP contribution in [0.25, 0.3) is 0 Å². The Morgan fingerprint density at radius 3 is 2.95 bits per heavy atom. The smallest absolute Gasteiger partial charge is 0.323 e. The molecule has 0 spiro atoms. The average Bonchev–Trinajstić information content (AvgIpc) is 2.88. The van der Waals surface area contributed by atoms with Gasteiger partial charge >= 0.3 is 11.7 Å². The summed E-state index contributed by atoms with van der Waals surface area (Å²) in [5, 5.41) is 14.2. The van der Waals surface area contributed by atoms with Crippen molar-refractivity contribution in [2.24, 2.45) is 0 Å². The van der Waals surface area contributed by atoms with E-state index in [-0.39, 0.29) is 28.5 Å². The molecule has 1 aromatic carbocycles. The van der Waals surface area contributed by atoms with Crippen LogP contribution in [-0.2, 0) is 9.53 Å². The van der Waals surface area contributed by atoms with Crippen molar-refractivity contribution in [3.05, 3.63) is 33.3 Å². The lowest BCUT2D eigenvalue weighted by Gasteiger charge is -2.12. The third-order valence-corrected chi connectivity index (χ3v) is 3.22. The quantitative estimate of drug-likeness (QED) is 0.515. The van der Waals surface area contributed by atoms with E-state index in [2.05, 4.69) is 10.1 Å². The standard InChI is InChI=1S/C12H13ClN2O5/c1-19-12(16)9-5-8(6-14-9)20-11-3-2-7(13)4-10(11)15(17)18/h2-4,8-9,14H,5-6H2,1H3/t8-,9+/m1/s1. The second-order valence-electron chi connectivity index (χ2n) is 4.33. The molecule has 1 aromatic rings. The van der Waals surface area contributed by atoms with Gasteiger partial charge in [0.15, 0.2) is 5.75 Å². The number of halogens is 1. The van der Waals surface area contributed by atoms with Crippen molar-refractivity contribution >= 4 is 23.3 Å². The Morgan fingerprint density at radius 1 is 1.55 bits per heavy atom. The molecule has 7 nitrogen and oxygen atoms in total. The summed E-state index contributed by atoms with van der Waals surface area (Å²) in [7, 11) is 1.31. The summed E-state index contributed by atoms with van der Waals surface area (Å²) < 4.78 is 10.2. The van der Waals surface area contributed by atoms with E-state index in [1.165, 1.54) is 25.3 Å². The molecule has 1 N–H and O–H groups in total. The van der Waals surface area contributed by atoms with Gasteiger partial charge in [0, 0.05) is 24.1 Å². The van der Waals surface area contributed by atoms with Crippen LogP contribution in [0.1, 0.15) is 6.42 Å². The number of methoxy groups -OCH3 is 1. The van der Waals surface area contributed by atoms with Crippen LogP contribution in [0, 0.1) is 10.1 Å². The van der Waals surface area contributed by atoms with Gasteiger partial charge in [-0.05, 0) is 12.1 Å². The highest BCUT2D eigenvalue weighted by Gasteiger charge is 2.32. The molecular weight excluding hydrogens is 288 g/mol. The van der Waals surface area contributed by atoms with Crippen LogP contribution >= 0.6 is 11.6 Å². The Kier molecular flexibility index (Phi) is 4.41. The van der Waals surface area contributed by atoms with Crippen LogP contribution < -0.4 is 10.1 Å². The summed E-state index contributed by atoms with van der Waals surface area (Å²) in [6.07, 6.45) is 0.0610. The normalized spacial score (nSPS) is 21.5. The van der Waals surface area contributed by atoms with Gasteiger partial charge in [0.1, 0.15) is 12.1 Å². The maximum absolute atomic E-state index is 11.4. The van der Waals surface area contributed by atoms with Crippen molar-refractivity contribution in [3.8, 4) is 5.75 Å². The summed E-state index contributed by atoms with van der Waals surface area (Å²) in [6.45, 7) is 0.416. The minimum atomic E-state index is -0.554. The molecule has 0 amide bonds. The summed E-state index contributed by atoms with van der Waals surface area (Å²) >= 11 is 5.73. The van der Waals surface area contributed by atoms with Gasteiger partial charge in [-0.2, -0.15) is 0 Å². The van der Waals surface area contributed by atoms with Gasteiger partial charge in [0.25, 0.3) is 0 Å². The second kappa shape index (κ2) is 6.06. The molecule has 8 heteroatoms. The topological polar surface area (TPSA) is 90.7 Å². The summed E-state index contributed by atoms with van der Waals surface area (Å²) in [5.41, 5.74) is -0.195. The number of nitrogens with zero attached hydrogens (tertiary/aromatic N) is 1. The number of nitro groups is 1. The number of ether oxygens (including phenoxy) is 2. The number of hydrogen-bond acceptors (Lipinski definition) is 6. The molecule has 1 heterocycles. The Morgan fingerprint density at radius 2 is 2.30 bits per heavy atom. The van der Waals surface area contributed by atoms with Gasteiger partial charge in [-0.15, -0.1) is 0 Å². The zero-order chi connectivity index (χ0) is 14.7. The summed E-state index contributed by atoms with van der Waals surface area (Å²) in [5.74, 6) is -0.238. The molecule has 2 rings (SSSR count). The predicted octanol–water partition coefficient (Wildman–Crippen LogP) is 1.53. The zero-order valence-electron chi connectivity index (χ0n) is 10.7. The molecule has 0 radical (unpaired) electrons. The number of carbonyl (C=O) groups is 1. The van der Waals surface area contributed by atoms with Gasteiger partial charge in [-0.1, -0.05) is 11.6 Å². The van der Waals surface area contributed by atoms with E-state index in [1.54, 1.807) is 0 Å². The molecule has 0 unspecified atom stereocenters. The van der Waals surface area contributed by atoms with Crippen LogP contribution in [0.4, 0.5) is 5.69 Å². The second-order valence-corrected chi connectivity index (χ2v) is 4.77. The largest absolute Gasteiger partial charge is 0.482 e. The molecular formula is C12H13ClN2O5. The highest BCUT2D eigenvalue weighted by atomic mass is 35.5. The van der Waals surface area contributed by atoms with Crippen LogP contribution in [0.2, 0.25) is 5.02 Å². The average molecular weight is 301 g/mol. The molecule has 0 aromatic heterocycles. The molecule has 108 valence electrons. The van der Waals surface area contributed by atoms with Gasteiger partial charge in [0.05, 0.1) is 12.0 Å². The number of nitro benzene ring substituents is 1. The maximum atomic E-state index is 11.4. The first-order valence-corrected chi connectivity index (χ1v) is 6.31. The van der Waals surface area contributed by atoms with E-state index >= 15 is 0 Å². The number of benzene rings is 1. The van der Waals surface area contributed by atoms with Crippen molar-refractivity contribution in [1.29, 1.82) is 0 Å². The summed E-state index contributed by atoms with van der Waals surface area (Å²) in [4.78, 5) is 21.8. The van der Waals surface area contributed by atoms with E-state index in [1.807, 2.05) is 0 Å². The fraction of sp³-hybridized carbons (Fsp3) is 0.417. The van der Waals surface area contributed by atoms with Crippen molar-refractivity contribution in [1.82, 2.24) is 5.32 Å². The fourth-order valence-corrected chi connectivity index (χ4v) is 2.19. The Hall–Kier alpha value is -1.86. The molecule has 0 bridgehead atoms. The van der Waals surface area contributed by atoms with Crippen molar-refractivity contribution in [3.63, 3.8) is 0 Å². The van der Waals surface area contributed by atoms with Crippen LogP contribution in [0.5, 0.6) is 5.75 Å². The first-order chi connectivity index (χ1) is 9.51. The Bertz CT molecular complexity index is 537. The minimum absolute atomic E-state index is 0.136. The van der Waals surface area contributed by atoms with Gasteiger partial charge in [-0.3, -0.25) is 14.9 Å². The highest BCUT2D eigenvalue weighted by molar-refractivity contribution is 6.30. The van der Waals surface area contributed by atoms with Crippen LogP contribution in [0.3, 0.4) is 0 Å². The van der Waals surface area contributed by atoms with Crippen LogP contribution in [-0.4, -0.2) is 36.7 Å². The third kappa shape index (κ3) is 3.17. The lowest BCUT2D eigenvalue weighted by Crippen LogP contribution is -2.31. The highest BCUT2D eigenvalue weighted by Crippen LogP contribution is 2.31. The monoisotopic (exact) mass is 300 g/mol. The SMILES string of the molecule is COC(=O)[C@@H]1C[C@@H](Oc2ccc(Cl)cc2[N+](=O)[O-])CN1. The van der Waals surface area contributed by atoms with Gasteiger partial charge < -0.3 is 14.8 Å². The lowest BCUT2D eigenvalue weighted by molar-refractivity contribution is -0.386. The minimum Gasteiger partial charge on any atom is -0.482 e. The first-order valence-electron chi connectivity index (χ1n) is 5.93. The Labute approximate surface area is 120 Å². The molecule has 0 saturated carbocycles. The van der Waals surface area contributed by atoms with Gasteiger partial charge in [0.2, 0.25) is 0 Å². The maximum Gasteiger partial charge on any atom is 0.323 e.